The van der Waals surface area contributed by atoms with E-state index < -0.39 is 4.92 Å². The molecule has 0 unspecified atom stereocenters. The number of nitro groups is 1. The summed E-state index contributed by atoms with van der Waals surface area (Å²) in [7, 11) is 0. The Morgan fingerprint density at radius 2 is 2.07 bits per heavy atom. The number of halogens is 1. The van der Waals surface area contributed by atoms with Crippen molar-refractivity contribution in [3.8, 4) is 5.75 Å². The standard InChI is InChI=1S/C20H15ClN2O4S2/c1-2-9-22-19(24)18(29-20(22)28)11-14-10-15(21)7-8-17(14)27-12-13-5-3-4-6-16(13)23(25)26/h2-8,10-11H,1,9,12H2. The highest BCUT2D eigenvalue weighted by Crippen LogP contribution is 2.35. The van der Waals surface area contributed by atoms with Gasteiger partial charge in [0.1, 0.15) is 16.7 Å². The van der Waals surface area contributed by atoms with E-state index in [1.807, 2.05) is 0 Å². The first-order chi connectivity index (χ1) is 13.9. The maximum absolute atomic E-state index is 12.6. The molecule has 0 aliphatic carbocycles. The Morgan fingerprint density at radius 1 is 1.31 bits per heavy atom. The second-order valence-corrected chi connectivity index (χ2v) is 8.05. The molecule has 1 heterocycles. The second-order valence-electron chi connectivity index (χ2n) is 5.94. The van der Waals surface area contributed by atoms with Gasteiger partial charge in [-0.15, -0.1) is 6.58 Å². The van der Waals surface area contributed by atoms with Crippen LogP contribution in [0.3, 0.4) is 0 Å². The van der Waals surface area contributed by atoms with Crippen LogP contribution in [0.4, 0.5) is 5.69 Å². The summed E-state index contributed by atoms with van der Waals surface area (Å²) in [4.78, 5) is 25.2. The van der Waals surface area contributed by atoms with E-state index in [9.17, 15) is 14.9 Å². The number of thioether (sulfide) groups is 1. The van der Waals surface area contributed by atoms with E-state index in [1.165, 1.54) is 22.7 Å². The smallest absolute Gasteiger partial charge is 0.276 e. The van der Waals surface area contributed by atoms with Gasteiger partial charge in [0, 0.05) is 23.2 Å². The molecule has 6 nitrogen and oxygen atoms in total. The molecule has 0 atom stereocenters. The number of ether oxygens (including phenoxy) is 1. The first-order valence-corrected chi connectivity index (χ1v) is 10.0. The summed E-state index contributed by atoms with van der Waals surface area (Å²) >= 11 is 12.5. The average Bonchev–Trinajstić information content (AvgIpc) is 2.95. The van der Waals surface area contributed by atoms with Crippen LogP contribution < -0.4 is 4.74 Å². The molecule has 1 fully saturated rings. The van der Waals surface area contributed by atoms with E-state index in [1.54, 1.807) is 48.6 Å². The molecule has 0 bridgehead atoms. The van der Waals surface area contributed by atoms with Crippen LogP contribution in [0.5, 0.6) is 5.75 Å². The number of rotatable bonds is 7. The number of amides is 1. The molecule has 2 aromatic carbocycles. The Labute approximate surface area is 181 Å². The number of nitrogens with zero attached hydrogens (tertiary/aromatic N) is 2. The van der Waals surface area contributed by atoms with E-state index in [0.717, 1.165) is 0 Å². The minimum atomic E-state index is -0.452. The molecule has 0 saturated carbocycles. The van der Waals surface area contributed by atoms with E-state index >= 15 is 0 Å². The highest BCUT2D eigenvalue weighted by atomic mass is 35.5. The van der Waals surface area contributed by atoms with Gasteiger partial charge >= 0.3 is 0 Å². The third-order valence-electron chi connectivity index (χ3n) is 4.02. The van der Waals surface area contributed by atoms with E-state index in [2.05, 4.69) is 6.58 Å². The molecule has 1 amide bonds. The Kier molecular flexibility index (Phi) is 6.68. The van der Waals surface area contributed by atoms with Crippen LogP contribution in [-0.4, -0.2) is 26.6 Å². The van der Waals surface area contributed by atoms with Crippen LogP contribution in [0.1, 0.15) is 11.1 Å². The lowest BCUT2D eigenvalue weighted by molar-refractivity contribution is -0.385. The molecule has 2 aromatic rings. The monoisotopic (exact) mass is 446 g/mol. The summed E-state index contributed by atoms with van der Waals surface area (Å²) in [5.74, 6) is 0.228. The van der Waals surface area contributed by atoms with Crippen molar-refractivity contribution in [1.82, 2.24) is 4.90 Å². The van der Waals surface area contributed by atoms with Gasteiger partial charge in [0.15, 0.2) is 0 Å². The van der Waals surface area contributed by atoms with Crippen LogP contribution >= 0.6 is 35.6 Å². The maximum atomic E-state index is 12.6. The first kappa shape index (κ1) is 21.0. The van der Waals surface area contributed by atoms with Gasteiger partial charge in [-0.25, -0.2) is 0 Å². The third kappa shape index (κ3) is 4.84. The lowest BCUT2D eigenvalue weighted by Gasteiger charge is -2.11. The lowest BCUT2D eigenvalue weighted by atomic mass is 10.1. The van der Waals surface area contributed by atoms with Crippen LogP contribution in [-0.2, 0) is 11.4 Å². The maximum Gasteiger partial charge on any atom is 0.276 e. The zero-order chi connectivity index (χ0) is 21.0. The number of carbonyl (C=O) groups is 1. The summed E-state index contributed by atoms with van der Waals surface area (Å²) in [6.45, 7) is 3.96. The van der Waals surface area contributed by atoms with Crippen molar-refractivity contribution in [2.75, 3.05) is 6.54 Å². The highest BCUT2D eigenvalue weighted by molar-refractivity contribution is 8.26. The van der Waals surface area contributed by atoms with Gasteiger partial charge in [0.2, 0.25) is 0 Å². The molecule has 3 rings (SSSR count). The molecule has 0 aromatic heterocycles. The highest BCUT2D eigenvalue weighted by Gasteiger charge is 2.31. The summed E-state index contributed by atoms with van der Waals surface area (Å²) in [5, 5.41) is 11.7. The summed E-state index contributed by atoms with van der Waals surface area (Å²) in [5.41, 5.74) is 0.999. The Balaban J connectivity index is 1.88. The van der Waals surface area contributed by atoms with Crippen LogP contribution in [0.2, 0.25) is 5.02 Å². The molecular formula is C20H15ClN2O4S2. The van der Waals surface area contributed by atoms with E-state index in [0.29, 0.717) is 37.7 Å². The Morgan fingerprint density at radius 3 is 2.79 bits per heavy atom. The Hall–Kier alpha value is -2.68. The van der Waals surface area contributed by atoms with Gasteiger partial charge in [-0.3, -0.25) is 19.8 Å². The summed E-state index contributed by atoms with van der Waals surface area (Å²) < 4.78 is 6.27. The van der Waals surface area contributed by atoms with Crippen LogP contribution in [0, 0.1) is 10.1 Å². The fourth-order valence-corrected chi connectivity index (χ4v) is 4.10. The van der Waals surface area contributed by atoms with Gasteiger partial charge in [0.25, 0.3) is 11.6 Å². The Bertz CT molecular complexity index is 1040. The van der Waals surface area contributed by atoms with Crippen molar-refractivity contribution >= 4 is 57.6 Å². The predicted octanol–water partition coefficient (Wildman–Crippen LogP) is 5.21. The fraction of sp³-hybridized carbons (Fsp3) is 0.100. The number of para-hydroxylation sites is 1. The molecule has 29 heavy (non-hydrogen) atoms. The predicted molar refractivity (Wildman–Crippen MR) is 119 cm³/mol. The topological polar surface area (TPSA) is 72.7 Å². The molecule has 0 N–H and O–H groups in total. The zero-order valence-electron chi connectivity index (χ0n) is 15.0. The van der Waals surface area contributed by atoms with Gasteiger partial charge in [-0.1, -0.05) is 53.8 Å². The van der Waals surface area contributed by atoms with E-state index in [4.69, 9.17) is 28.6 Å². The number of nitro benzene ring substituents is 1. The third-order valence-corrected chi connectivity index (χ3v) is 5.63. The van der Waals surface area contributed by atoms with E-state index in [-0.39, 0.29) is 18.2 Å². The molecule has 1 aliphatic heterocycles. The number of benzene rings is 2. The van der Waals surface area contributed by atoms with Crippen molar-refractivity contribution in [3.05, 3.63) is 86.3 Å². The molecule has 1 aliphatic rings. The lowest BCUT2D eigenvalue weighted by Crippen LogP contribution is -2.27. The SMILES string of the molecule is C=CCN1C(=O)C(=Cc2cc(Cl)ccc2OCc2ccccc2[N+](=O)[O-])SC1=S. The fourth-order valence-electron chi connectivity index (χ4n) is 2.66. The molecule has 9 heteroatoms. The quantitative estimate of drug-likeness (QED) is 0.191. The molecule has 0 radical (unpaired) electrons. The van der Waals surface area contributed by atoms with Crippen molar-refractivity contribution < 1.29 is 14.5 Å². The van der Waals surface area contributed by atoms with Gasteiger partial charge in [0.05, 0.1) is 15.4 Å². The van der Waals surface area contributed by atoms with Crippen molar-refractivity contribution in [2.24, 2.45) is 0 Å². The number of hydrogen-bond acceptors (Lipinski definition) is 6. The number of thiocarbonyl (C=S) groups is 1. The van der Waals surface area contributed by atoms with Crippen LogP contribution in [0.25, 0.3) is 6.08 Å². The number of hydrogen-bond donors (Lipinski definition) is 0. The normalized spacial score (nSPS) is 15.1. The minimum absolute atomic E-state index is 0.00293. The summed E-state index contributed by atoms with van der Waals surface area (Å²) in [6, 6.07) is 11.3. The first-order valence-electron chi connectivity index (χ1n) is 8.41. The average molecular weight is 447 g/mol. The van der Waals surface area contributed by atoms with Gasteiger partial charge < -0.3 is 4.74 Å². The van der Waals surface area contributed by atoms with Gasteiger partial charge in [-0.05, 0) is 30.3 Å². The zero-order valence-corrected chi connectivity index (χ0v) is 17.4. The van der Waals surface area contributed by atoms with Crippen molar-refractivity contribution in [1.29, 1.82) is 0 Å². The van der Waals surface area contributed by atoms with Crippen LogP contribution in [0.15, 0.2) is 60.0 Å². The molecule has 148 valence electrons. The van der Waals surface area contributed by atoms with Crippen molar-refractivity contribution in [3.63, 3.8) is 0 Å². The molecule has 1 saturated heterocycles. The molecular weight excluding hydrogens is 432 g/mol. The summed E-state index contributed by atoms with van der Waals surface area (Å²) in [6.07, 6.45) is 3.26. The van der Waals surface area contributed by atoms with Gasteiger partial charge in [-0.2, -0.15) is 0 Å². The minimum Gasteiger partial charge on any atom is -0.488 e. The second kappa shape index (κ2) is 9.21. The number of carbonyl (C=O) groups excluding carboxylic acids is 1. The molecule has 0 spiro atoms. The largest absolute Gasteiger partial charge is 0.488 e. The van der Waals surface area contributed by atoms with Crippen molar-refractivity contribution in [2.45, 2.75) is 6.61 Å².